The molecule has 4 N–H and O–H groups in total. The fraction of sp³-hybridized carbons (Fsp3) is 0.538. The number of carbonyl (C=O) groups excluding carboxylic acids is 4. The van der Waals surface area contributed by atoms with Gasteiger partial charge in [-0.3, -0.25) is 19.2 Å². The Labute approximate surface area is 310 Å². The summed E-state index contributed by atoms with van der Waals surface area (Å²) in [6.07, 6.45) is 5.65. The number of amides is 4. The van der Waals surface area contributed by atoms with Gasteiger partial charge >= 0.3 is 0 Å². The molecule has 286 valence electrons. The number of hydrogen-bond acceptors (Lipinski definition) is 10. The maximum absolute atomic E-state index is 14.3. The lowest BCUT2D eigenvalue weighted by molar-refractivity contribution is -0.147. The van der Waals surface area contributed by atoms with Gasteiger partial charge < -0.3 is 39.9 Å². The van der Waals surface area contributed by atoms with Crippen LogP contribution in [-0.2, 0) is 33.8 Å². The van der Waals surface area contributed by atoms with Gasteiger partial charge in [0, 0.05) is 39.4 Å². The van der Waals surface area contributed by atoms with Crippen LogP contribution in [0.5, 0.6) is 11.5 Å². The lowest BCUT2D eigenvalue weighted by Gasteiger charge is -2.34. The number of ether oxygens (including phenoxy) is 1. The zero-order chi connectivity index (χ0) is 37.9. The number of aryl methyl sites for hydroxylation is 1. The summed E-state index contributed by atoms with van der Waals surface area (Å²) >= 11 is 0. The molecule has 5 rings (SSSR count). The number of aromatic nitrogens is 2. The molecule has 3 aromatic rings. The number of phenols is 1. The maximum atomic E-state index is 14.3. The summed E-state index contributed by atoms with van der Waals surface area (Å²) in [5.41, 5.74) is 0.943. The monoisotopic (exact) mass is 732 g/mol. The van der Waals surface area contributed by atoms with E-state index in [-0.39, 0.29) is 61.3 Å². The van der Waals surface area contributed by atoms with Crippen LogP contribution in [-0.4, -0.2) is 98.1 Å². The molecule has 1 fully saturated rings. The molecular formula is C39H52N6O8. The van der Waals surface area contributed by atoms with E-state index in [1.165, 1.54) is 29.0 Å². The Kier molecular flexibility index (Phi) is 13.8. The Morgan fingerprint density at radius 2 is 1.66 bits per heavy atom. The fourth-order valence-electron chi connectivity index (χ4n) is 6.88. The molecule has 3 heterocycles. The van der Waals surface area contributed by atoms with Crippen molar-refractivity contribution in [1.82, 2.24) is 30.6 Å². The van der Waals surface area contributed by atoms with Gasteiger partial charge in [0.25, 0.3) is 5.91 Å². The van der Waals surface area contributed by atoms with Crippen molar-refractivity contribution in [3.63, 3.8) is 0 Å². The zero-order valence-corrected chi connectivity index (χ0v) is 30.8. The second-order valence-electron chi connectivity index (χ2n) is 14.4. The van der Waals surface area contributed by atoms with Crippen LogP contribution in [0.3, 0.4) is 0 Å². The van der Waals surface area contributed by atoms with Gasteiger partial charge in [0.05, 0.1) is 11.7 Å². The molecule has 2 aliphatic heterocycles. The van der Waals surface area contributed by atoms with Gasteiger partial charge in [-0.25, -0.2) is 0 Å². The number of phenolic OH excluding ortho intramolecular Hbond substituents is 1. The third-order valence-corrected chi connectivity index (χ3v) is 9.76. The summed E-state index contributed by atoms with van der Waals surface area (Å²) in [6, 6.07) is 10.1. The average Bonchev–Trinajstić information content (AvgIpc) is 3.77. The summed E-state index contributed by atoms with van der Waals surface area (Å²) in [6.45, 7) is 4.16. The van der Waals surface area contributed by atoms with Crippen molar-refractivity contribution in [1.29, 1.82) is 0 Å². The first-order valence-electron chi connectivity index (χ1n) is 18.6. The van der Waals surface area contributed by atoms with Crippen molar-refractivity contribution in [2.45, 2.75) is 109 Å². The number of carbonyl (C=O) groups is 4. The van der Waals surface area contributed by atoms with E-state index in [1.807, 2.05) is 13.8 Å². The second kappa shape index (κ2) is 18.7. The summed E-state index contributed by atoms with van der Waals surface area (Å²) in [5, 5.41) is 30.5. The molecule has 14 nitrogen and oxygen atoms in total. The van der Waals surface area contributed by atoms with Crippen LogP contribution in [0.25, 0.3) is 0 Å². The minimum atomic E-state index is -1.06. The molecule has 1 saturated heterocycles. The van der Waals surface area contributed by atoms with Crippen molar-refractivity contribution < 1.29 is 38.7 Å². The molecule has 0 saturated carbocycles. The van der Waals surface area contributed by atoms with Crippen molar-refractivity contribution in [2.75, 3.05) is 20.1 Å². The molecule has 1 aromatic heterocycles. The Bertz CT molecular complexity index is 1690. The van der Waals surface area contributed by atoms with Gasteiger partial charge in [0.15, 0.2) is 6.61 Å². The van der Waals surface area contributed by atoms with E-state index in [0.717, 1.165) is 44.1 Å². The van der Waals surface area contributed by atoms with Crippen molar-refractivity contribution in [2.24, 2.45) is 5.92 Å². The normalized spacial score (nSPS) is 23.2. The Hall–Kier alpha value is -4.98. The topological polar surface area (TPSA) is 187 Å². The third-order valence-electron chi connectivity index (χ3n) is 9.76. The summed E-state index contributed by atoms with van der Waals surface area (Å²) in [5.74, 6) is -0.656. The zero-order valence-electron chi connectivity index (χ0n) is 30.8. The first kappa shape index (κ1) is 39.2. The number of para-hydroxylation sites is 1. The van der Waals surface area contributed by atoms with E-state index >= 15 is 0 Å². The molecule has 53 heavy (non-hydrogen) atoms. The Balaban J connectivity index is 1.42. The molecule has 2 aromatic carbocycles. The highest BCUT2D eigenvalue weighted by Crippen LogP contribution is 2.25. The van der Waals surface area contributed by atoms with E-state index in [0.29, 0.717) is 24.7 Å². The van der Waals surface area contributed by atoms with Crippen LogP contribution in [0.1, 0.15) is 92.9 Å². The number of aliphatic hydroxyl groups excluding tert-OH is 1. The molecular weight excluding hydrogens is 680 g/mol. The van der Waals surface area contributed by atoms with Gasteiger partial charge in [0.2, 0.25) is 29.4 Å². The molecule has 4 amide bonds. The first-order valence-corrected chi connectivity index (χ1v) is 18.6. The van der Waals surface area contributed by atoms with Crippen molar-refractivity contribution in [3.05, 3.63) is 71.4 Å². The highest BCUT2D eigenvalue weighted by molar-refractivity contribution is 6.00. The van der Waals surface area contributed by atoms with E-state index in [9.17, 15) is 29.4 Å². The number of aromatic hydroxyl groups is 1. The smallest absolute Gasteiger partial charge is 0.255 e. The predicted molar refractivity (Wildman–Crippen MR) is 195 cm³/mol. The van der Waals surface area contributed by atoms with Crippen LogP contribution in [0.4, 0.5) is 0 Å². The molecule has 0 spiro atoms. The Morgan fingerprint density at radius 3 is 2.42 bits per heavy atom. The minimum Gasteiger partial charge on any atom is -0.508 e. The molecule has 0 aliphatic carbocycles. The van der Waals surface area contributed by atoms with Crippen molar-refractivity contribution in [3.8, 4) is 11.5 Å². The number of aliphatic hydroxyl groups is 1. The lowest BCUT2D eigenvalue weighted by Crippen LogP contribution is -2.57. The van der Waals surface area contributed by atoms with Crippen LogP contribution in [0.15, 0.2) is 53.1 Å². The second-order valence-corrected chi connectivity index (χ2v) is 14.4. The van der Waals surface area contributed by atoms with Crippen molar-refractivity contribution >= 4 is 23.6 Å². The number of fused-ring (bicyclic) bond motifs is 4. The van der Waals surface area contributed by atoms with E-state index in [2.05, 4.69) is 20.8 Å². The van der Waals surface area contributed by atoms with E-state index in [4.69, 9.17) is 9.26 Å². The third kappa shape index (κ3) is 10.8. The molecule has 14 heteroatoms. The number of nitrogens with one attached hydrogen (secondary N) is 2. The Morgan fingerprint density at radius 1 is 0.943 bits per heavy atom. The minimum absolute atomic E-state index is 0.00810. The van der Waals surface area contributed by atoms with E-state index in [1.54, 1.807) is 36.4 Å². The fourth-order valence-corrected chi connectivity index (χ4v) is 6.88. The molecule has 2 aliphatic rings. The standard InChI is InChI=1S/C39H52N6O8/c1-25(2)20-30-38(50)45-23-28(47)22-32(45)39(51)44(3)31(21-26-15-17-27(46)18-16-26)37(49)40-19-11-7-5-4-6-8-14-35-42-34(43-53-35)24-52-33-13-10-9-12-29(33)36(48)41-30/h9-10,12-13,15-18,25,28,30-32,46-47H,4-8,11,14,19-24H2,1-3H3,(H,40,49)(H,41,48)/t28-,30+,31-,32+/m0/s1. The number of rotatable bonds is 4. The first-order chi connectivity index (χ1) is 25.5. The van der Waals surface area contributed by atoms with Gasteiger partial charge in [-0.15, -0.1) is 0 Å². The number of likely N-dealkylation sites (N-methyl/N-ethyl adjacent to an activating group) is 1. The van der Waals surface area contributed by atoms with Gasteiger partial charge in [-0.2, -0.15) is 4.98 Å². The van der Waals surface area contributed by atoms with Crippen LogP contribution >= 0.6 is 0 Å². The number of hydrogen-bond donors (Lipinski definition) is 4. The lowest BCUT2D eigenvalue weighted by atomic mass is 10.0. The highest BCUT2D eigenvalue weighted by Gasteiger charge is 2.44. The van der Waals surface area contributed by atoms with E-state index < -0.39 is 42.0 Å². The quantitative estimate of drug-likeness (QED) is 0.309. The number of benzene rings is 2. The predicted octanol–water partition coefficient (Wildman–Crippen LogP) is 3.54. The SMILES string of the molecule is CC(C)C[C@H]1NC(=O)c2ccccc2OCc2noc(n2)CCCCCCCCNC(=O)[C@H](Cc2ccc(O)cc2)N(C)C(=O)[C@H]2C[C@H](O)CN2C1=O. The molecule has 2 bridgehead atoms. The summed E-state index contributed by atoms with van der Waals surface area (Å²) < 4.78 is 11.4. The largest absolute Gasteiger partial charge is 0.508 e. The maximum Gasteiger partial charge on any atom is 0.255 e. The average molecular weight is 733 g/mol. The van der Waals surface area contributed by atoms with Crippen LogP contribution < -0.4 is 15.4 Å². The molecule has 4 atom stereocenters. The van der Waals surface area contributed by atoms with Crippen LogP contribution in [0, 0.1) is 5.92 Å². The van der Waals surface area contributed by atoms with Crippen LogP contribution in [0.2, 0.25) is 0 Å². The number of nitrogens with zero attached hydrogens (tertiary/aromatic N) is 4. The summed E-state index contributed by atoms with van der Waals surface area (Å²) in [4.78, 5) is 63.2. The van der Waals surface area contributed by atoms with Gasteiger partial charge in [0.1, 0.15) is 29.6 Å². The molecule has 0 radical (unpaired) electrons. The van der Waals surface area contributed by atoms with Gasteiger partial charge in [-0.05, 0) is 55.0 Å². The van der Waals surface area contributed by atoms with Gasteiger partial charge in [-0.1, -0.05) is 69.0 Å². The summed E-state index contributed by atoms with van der Waals surface area (Å²) in [7, 11) is 1.54. The highest BCUT2D eigenvalue weighted by atomic mass is 16.5. The molecule has 0 unspecified atom stereocenters.